The van der Waals surface area contributed by atoms with Crippen LogP contribution >= 0.6 is 0 Å². The van der Waals surface area contributed by atoms with Gasteiger partial charge in [0.15, 0.2) is 11.7 Å². The van der Waals surface area contributed by atoms with Gasteiger partial charge in [-0.05, 0) is 12.5 Å². The summed E-state index contributed by atoms with van der Waals surface area (Å²) in [6.45, 7) is 1.90. The first kappa shape index (κ1) is 16.5. The number of carbonyl (C=O) groups is 2. The molecule has 0 aliphatic carbocycles. The first-order valence-electron chi connectivity index (χ1n) is 8.09. The Morgan fingerprint density at radius 1 is 1.00 bits per heavy atom. The van der Waals surface area contributed by atoms with Gasteiger partial charge in [0.05, 0.1) is 23.1 Å². The number of Topliss-reactive ketones (excluding diaryl/α,β-unsaturated/α-hetero) is 1. The molecule has 9 heteroatoms. The zero-order valence-electron chi connectivity index (χ0n) is 14.0. The second-order valence-corrected chi connectivity index (χ2v) is 6.37. The van der Waals surface area contributed by atoms with Crippen LogP contribution in [0.5, 0.6) is 0 Å². The molecule has 0 radical (unpaired) electrons. The van der Waals surface area contributed by atoms with Crippen molar-refractivity contribution in [1.82, 2.24) is 15.3 Å². The van der Waals surface area contributed by atoms with Gasteiger partial charge in [-0.2, -0.15) is 5.26 Å². The van der Waals surface area contributed by atoms with E-state index >= 15 is 0 Å². The number of nitrogens with zero attached hydrogens (tertiary/aromatic N) is 1. The van der Waals surface area contributed by atoms with E-state index in [1.807, 2.05) is 19.1 Å². The fourth-order valence-corrected chi connectivity index (χ4v) is 3.39. The molecular weight excluding hydrogens is 350 g/mol. The first-order valence-corrected chi connectivity index (χ1v) is 8.09. The van der Waals surface area contributed by atoms with E-state index in [0.29, 0.717) is 5.56 Å². The van der Waals surface area contributed by atoms with Crippen LogP contribution in [0.2, 0.25) is 0 Å². The van der Waals surface area contributed by atoms with Gasteiger partial charge in [-0.25, -0.2) is 4.79 Å². The summed E-state index contributed by atoms with van der Waals surface area (Å²) < 4.78 is 0. The number of anilines is 1. The average molecular weight is 363 g/mol. The maximum Gasteiger partial charge on any atom is 0.327 e. The Balaban J connectivity index is 2.02. The number of ketones is 1. The Morgan fingerprint density at radius 3 is 2.37 bits per heavy atom. The van der Waals surface area contributed by atoms with Gasteiger partial charge in [0.1, 0.15) is 11.6 Å². The number of allylic oxidation sites excluding steroid dienone is 1. The number of benzene rings is 1. The van der Waals surface area contributed by atoms with Crippen LogP contribution in [0.25, 0.3) is 0 Å². The van der Waals surface area contributed by atoms with Crippen LogP contribution in [-0.4, -0.2) is 21.7 Å². The molecule has 3 heterocycles. The van der Waals surface area contributed by atoms with E-state index in [9.17, 15) is 24.4 Å². The van der Waals surface area contributed by atoms with E-state index < -0.39 is 34.8 Å². The predicted octanol–water partition coefficient (Wildman–Crippen LogP) is -0.0207. The van der Waals surface area contributed by atoms with Gasteiger partial charge in [0.2, 0.25) is 0 Å². The number of nitrogens with one attached hydrogen (secondary N) is 4. The summed E-state index contributed by atoms with van der Waals surface area (Å²) in [6, 6.07) is 8.87. The number of rotatable bonds is 1. The van der Waals surface area contributed by atoms with Crippen molar-refractivity contribution in [1.29, 1.82) is 5.26 Å². The topological polar surface area (TPSA) is 148 Å². The maximum atomic E-state index is 12.9. The van der Waals surface area contributed by atoms with Gasteiger partial charge in [0.25, 0.3) is 11.5 Å². The van der Waals surface area contributed by atoms with Gasteiger partial charge in [-0.3, -0.25) is 24.4 Å². The van der Waals surface area contributed by atoms with Crippen molar-refractivity contribution in [2.75, 3.05) is 5.32 Å². The summed E-state index contributed by atoms with van der Waals surface area (Å²) in [6.07, 6.45) is 0. The summed E-state index contributed by atoms with van der Waals surface area (Å²) in [5.41, 5.74) is 0.469. The van der Waals surface area contributed by atoms with E-state index in [1.165, 1.54) is 0 Å². The minimum absolute atomic E-state index is 0.0656. The van der Waals surface area contributed by atoms with Crippen LogP contribution in [0.3, 0.4) is 0 Å². The monoisotopic (exact) mass is 363 g/mol. The molecule has 2 aliphatic heterocycles. The maximum absolute atomic E-state index is 12.9. The highest BCUT2D eigenvalue weighted by Crippen LogP contribution is 2.40. The van der Waals surface area contributed by atoms with Gasteiger partial charge >= 0.3 is 5.69 Å². The lowest BCUT2D eigenvalue weighted by molar-refractivity contribution is -0.130. The molecule has 0 bridgehead atoms. The third-order valence-corrected chi connectivity index (χ3v) is 4.65. The molecule has 2 unspecified atom stereocenters. The van der Waals surface area contributed by atoms with Crippen molar-refractivity contribution < 1.29 is 9.59 Å². The van der Waals surface area contributed by atoms with E-state index in [2.05, 4.69) is 20.6 Å². The van der Waals surface area contributed by atoms with Crippen LogP contribution in [-0.2, 0) is 9.59 Å². The van der Waals surface area contributed by atoms with Crippen molar-refractivity contribution in [2.45, 2.75) is 12.8 Å². The molecular formula is C18H13N5O4. The second kappa shape index (κ2) is 5.81. The summed E-state index contributed by atoms with van der Waals surface area (Å²) in [7, 11) is 0. The molecule has 0 saturated heterocycles. The number of aryl methyl sites for hydroxylation is 1. The molecule has 134 valence electrons. The molecule has 27 heavy (non-hydrogen) atoms. The van der Waals surface area contributed by atoms with E-state index in [0.717, 1.165) is 5.56 Å². The Hall–Kier alpha value is -3.93. The quantitative estimate of drug-likeness (QED) is 0.523. The molecule has 9 nitrogen and oxygen atoms in total. The molecule has 0 spiro atoms. The Morgan fingerprint density at radius 2 is 1.70 bits per heavy atom. The number of aromatic nitrogens is 2. The molecule has 4 rings (SSSR count). The Kier molecular flexibility index (Phi) is 3.56. The fraction of sp³-hybridized carbons (Fsp3) is 0.167. The largest absolute Gasteiger partial charge is 0.327 e. The second-order valence-electron chi connectivity index (χ2n) is 6.37. The van der Waals surface area contributed by atoms with Crippen LogP contribution < -0.4 is 21.9 Å². The first-order chi connectivity index (χ1) is 12.9. The molecule has 2 atom stereocenters. The van der Waals surface area contributed by atoms with Crippen molar-refractivity contribution >= 4 is 17.5 Å². The van der Waals surface area contributed by atoms with Crippen LogP contribution in [0.1, 0.15) is 22.6 Å². The summed E-state index contributed by atoms with van der Waals surface area (Å²) in [5.74, 6) is -3.62. The third-order valence-electron chi connectivity index (χ3n) is 4.65. The lowest BCUT2D eigenvalue weighted by Crippen LogP contribution is -2.48. The number of hydrogen-bond donors (Lipinski definition) is 4. The van der Waals surface area contributed by atoms with Gasteiger partial charge in [-0.1, -0.05) is 29.8 Å². The Bertz CT molecular complexity index is 1180. The van der Waals surface area contributed by atoms with Gasteiger partial charge in [-0.15, -0.1) is 0 Å². The van der Waals surface area contributed by atoms with Crippen LogP contribution in [0.15, 0.2) is 45.2 Å². The number of nitriles is 1. The van der Waals surface area contributed by atoms with Crippen LogP contribution in [0.4, 0.5) is 5.82 Å². The van der Waals surface area contributed by atoms with E-state index in [4.69, 9.17) is 0 Å². The highest BCUT2D eigenvalue weighted by molar-refractivity contribution is 6.16. The number of hydrogen-bond acceptors (Lipinski definition) is 6. The highest BCUT2D eigenvalue weighted by Gasteiger charge is 2.44. The normalized spacial score (nSPS) is 20.9. The summed E-state index contributed by atoms with van der Waals surface area (Å²) in [5, 5.41) is 14.4. The standard InChI is InChI=1S/C18H13N5O4/c1-7-2-4-8(5-3-7)10-11-13(24)9(6-19)16(25)21-14(11)20-15-12(10)17(26)23-18(27)22-15/h2-5,9-10H,1H3,(H,21,25)(H3,20,22,23,26,27). The number of carbonyl (C=O) groups excluding carboxylic acids is 2. The minimum Gasteiger partial charge on any atom is -0.327 e. The molecule has 2 aliphatic rings. The molecule has 4 N–H and O–H groups in total. The molecule has 1 amide bonds. The van der Waals surface area contributed by atoms with Gasteiger partial charge in [0, 0.05) is 0 Å². The van der Waals surface area contributed by atoms with Crippen LogP contribution in [0, 0.1) is 24.2 Å². The summed E-state index contributed by atoms with van der Waals surface area (Å²) in [4.78, 5) is 53.8. The van der Waals surface area contributed by atoms with E-state index in [1.54, 1.807) is 18.2 Å². The highest BCUT2D eigenvalue weighted by atomic mass is 16.2. The van der Waals surface area contributed by atoms with Gasteiger partial charge < -0.3 is 10.6 Å². The zero-order valence-corrected chi connectivity index (χ0v) is 14.0. The van der Waals surface area contributed by atoms with Crippen molar-refractivity contribution in [3.63, 3.8) is 0 Å². The SMILES string of the molecule is Cc1ccc(C2C3=C(NC(=O)C(C#N)C3=O)Nc3[nH]c(=O)[nH]c(=O)c32)cc1. The molecule has 1 aromatic heterocycles. The average Bonchev–Trinajstić information content (AvgIpc) is 2.61. The Labute approximate surface area is 151 Å². The molecule has 0 fully saturated rings. The number of amides is 1. The number of aromatic amines is 2. The third kappa shape index (κ3) is 2.46. The number of H-pyrrole nitrogens is 2. The smallest absolute Gasteiger partial charge is 0.327 e. The predicted molar refractivity (Wildman–Crippen MR) is 93.6 cm³/mol. The molecule has 2 aromatic rings. The lowest BCUT2D eigenvalue weighted by Gasteiger charge is -2.33. The van der Waals surface area contributed by atoms with E-state index in [-0.39, 0.29) is 22.8 Å². The molecule has 0 saturated carbocycles. The van der Waals surface area contributed by atoms with Crippen molar-refractivity contribution in [2.24, 2.45) is 5.92 Å². The fourth-order valence-electron chi connectivity index (χ4n) is 3.39. The lowest BCUT2D eigenvalue weighted by atomic mass is 9.77. The minimum atomic E-state index is -1.50. The molecule has 1 aromatic carbocycles. The summed E-state index contributed by atoms with van der Waals surface area (Å²) >= 11 is 0. The van der Waals surface area contributed by atoms with Crippen molar-refractivity contribution in [3.8, 4) is 6.07 Å². The van der Waals surface area contributed by atoms with Crippen molar-refractivity contribution in [3.05, 3.63) is 73.2 Å². The zero-order chi connectivity index (χ0) is 19.3. The number of fused-ring (bicyclic) bond motifs is 1.